The highest BCUT2D eigenvalue weighted by Crippen LogP contribution is 2.31. The van der Waals surface area contributed by atoms with Gasteiger partial charge in [0.25, 0.3) is 5.22 Å². The first kappa shape index (κ1) is 17.6. The molecule has 3 aromatic rings. The summed E-state index contributed by atoms with van der Waals surface area (Å²) in [6.45, 7) is 1.92. The maximum Gasteiger partial charge on any atom is 0.259 e. The van der Waals surface area contributed by atoms with Crippen molar-refractivity contribution in [3.05, 3.63) is 41.6 Å². The Kier molecular flexibility index (Phi) is 5.45. The molecule has 2 heterocycles. The van der Waals surface area contributed by atoms with Crippen LogP contribution in [0.5, 0.6) is 5.75 Å². The molecule has 0 aliphatic rings. The highest BCUT2D eigenvalue weighted by Gasteiger charge is 2.22. The van der Waals surface area contributed by atoms with Crippen LogP contribution in [0.1, 0.15) is 13.3 Å². The average Bonchev–Trinajstić information content (AvgIpc) is 3.02. The SMILES string of the molecule is CC[C@@H](Sc1nc2ncccc2o1)C(=O)Nc1cc(Cl)ccc1OC. The number of pyridine rings is 1. The number of carbonyl (C=O) groups is 1. The molecular weight excluding hydrogens is 362 g/mol. The fourth-order valence-electron chi connectivity index (χ4n) is 2.23. The number of halogens is 1. The first-order chi connectivity index (χ1) is 12.1. The Morgan fingerprint density at radius 1 is 1.44 bits per heavy atom. The number of amides is 1. The predicted molar refractivity (Wildman–Crippen MR) is 98.4 cm³/mol. The third kappa shape index (κ3) is 4.05. The van der Waals surface area contributed by atoms with Gasteiger partial charge in [-0.15, -0.1) is 0 Å². The van der Waals surface area contributed by atoms with Crippen LogP contribution in [0.4, 0.5) is 5.69 Å². The molecule has 0 unspecified atom stereocenters. The lowest BCUT2D eigenvalue weighted by Gasteiger charge is -2.15. The van der Waals surface area contributed by atoms with Crippen LogP contribution >= 0.6 is 23.4 Å². The first-order valence-corrected chi connectivity index (χ1v) is 8.89. The lowest BCUT2D eigenvalue weighted by molar-refractivity contribution is -0.115. The van der Waals surface area contributed by atoms with Crippen LogP contribution in [-0.4, -0.2) is 28.2 Å². The summed E-state index contributed by atoms with van der Waals surface area (Å²) < 4.78 is 10.9. The van der Waals surface area contributed by atoms with Crippen LogP contribution in [0.2, 0.25) is 5.02 Å². The minimum atomic E-state index is -0.378. The number of rotatable bonds is 6. The molecule has 0 aliphatic carbocycles. The molecule has 130 valence electrons. The summed E-state index contributed by atoms with van der Waals surface area (Å²) in [5, 5.41) is 3.40. The van der Waals surface area contributed by atoms with Crippen molar-refractivity contribution in [2.75, 3.05) is 12.4 Å². The zero-order chi connectivity index (χ0) is 17.8. The number of aromatic nitrogens is 2. The fourth-order valence-corrected chi connectivity index (χ4v) is 3.26. The minimum absolute atomic E-state index is 0.178. The van der Waals surface area contributed by atoms with Crippen LogP contribution in [0, 0.1) is 0 Å². The molecule has 0 radical (unpaired) electrons. The number of benzene rings is 1. The third-order valence-corrected chi connectivity index (χ3v) is 4.91. The van der Waals surface area contributed by atoms with Crippen molar-refractivity contribution in [1.82, 2.24) is 9.97 Å². The van der Waals surface area contributed by atoms with Gasteiger partial charge in [0.1, 0.15) is 5.75 Å². The Morgan fingerprint density at radius 2 is 2.28 bits per heavy atom. The normalized spacial score (nSPS) is 12.1. The molecule has 6 nitrogen and oxygen atoms in total. The molecule has 0 saturated heterocycles. The van der Waals surface area contributed by atoms with Crippen molar-refractivity contribution in [2.24, 2.45) is 0 Å². The lowest BCUT2D eigenvalue weighted by Crippen LogP contribution is -2.24. The number of ether oxygens (including phenoxy) is 1. The Bertz CT molecular complexity index is 867. The number of thioether (sulfide) groups is 1. The van der Waals surface area contributed by atoms with Gasteiger partial charge in [-0.25, -0.2) is 4.98 Å². The molecule has 1 atom stereocenters. The Morgan fingerprint density at radius 3 is 3.00 bits per heavy atom. The second-order valence-electron chi connectivity index (χ2n) is 5.15. The van der Waals surface area contributed by atoms with E-state index in [1.807, 2.05) is 6.92 Å². The van der Waals surface area contributed by atoms with E-state index in [-0.39, 0.29) is 11.2 Å². The van der Waals surface area contributed by atoms with Crippen molar-refractivity contribution in [2.45, 2.75) is 23.8 Å². The number of hydrogen-bond donors (Lipinski definition) is 1. The summed E-state index contributed by atoms with van der Waals surface area (Å²) in [4.78, 5) is 21.1. The van der Waals surface area contributed by atoms with E-state index in [0.717, 1.165) is 0 Å². The maximum atomic E-state index is 12.6. The van der Waals surface area contributed by atoms with Crippen LogP contribution in [0.3, 0.4) is 0 Å². The Balaban J connectivity index is 1.76. The van der Waals surface area contributed by atoms with E-state index in [1.54, 1.807) is 36.5 Å². The molecule has 0 fully saturated rings. The number of hydrogen-bond acceptors (Lipinski definition) is 6. The molecule has 1 N–H and O–H groups in total. The zero-order valence-electron chi connectivity index (χ0n) is 13.7. The number of methoxy groups -OCH3 is 1. The van der Waals surface area contributed by atoms with Gasteiger partial charge in [0, 0.05) is 11.2 Å². The number of nitrogens with zero attached hydrogens (tertiary/aromatic N) is 2. The monoisotopic (exact) mass is 377 g/mol. The van der Waals surface area contributed by atoms with Gasteiger partial charge >= 0.3 is 0 Å². The highest BCUT2D eigenvalue weighted by atomic mass is 35.5. The van der Waals surface area contributed by atoms with Gasteiger partial charge in [-0.05, 0) is 36.8 Å². The van der Waals surface area contributed by atoms with Crippen LogP contribution in [0.25, 0.3) is 11.2 Å². The summed E-state index contributed by atoms with van der Waals surface area (Å²) in [6, 6.07) is 8.62. The number of anilines is 1. The van der Waals surface area contributed by atoms with Gasteiger partial charge in [0.05, 0.1) is 18.0 Å². The number of nitrogens with one attached hydrogen (secondary N) is 1. The molecule has 2 aromatic heterocycles. The summed E-state index contributed by atoms with van der Waals surface area (Å²) in [7, 11) is 1.54. The molecule has 0 bridgehead atoms. The van der Waals surface area contributed by atoms with Gasteiger partial charge in [-0.1, -0.05) is 30.3 Å². The van der Waals surface area contributed by atoms with E-state index in [2.05, 4.69) is 15.3 Å². The Hall–Kier alpha value is -2.25. The van der Waals surface area contributed by atoms with Gasteiger partial charge in [-0.2, -0.15) is 4.98 Å². The molecule has 0 saturated carbocycles. The molecule has 8 heteroatoms. The van der Waals surface area contributed by atoms with E-state index >= 15 is 0 Å². The highest BCUT2D eigenvalue weighted by molar-refractivity contribution is 8.00. The van der Waals surface area contributed by atoms with E-state index in [0.29, 0.717) is 39.3 Å². The zero-order valence-corrected chi connectivity index (χ0v) is 15.2. The molecular formula is C17H16ClN3O3S. The largest absolute Gasteiger partial charge is 0.495 e. The standard InChI is InChI=1S/C17H16ClN3O3S/c1-3-14(25-17-21-15-13(24-17)5-4-8-19-15)16(22)20-11-9-10(18)6-7-12(11)23-2/h4-9,14H,3H2,1-2H3,(H,20,22)/t14-/m1/s1. The predicted octanol–water partition coefficient (Wildman–Crippen LogP) is 4.39. The third-order valence-electron chi connectivity index (χ3n) is 3.47. The van der Waals surface area contributed by atoms with Crippen LogP contribution < -0.4 is 10.1 Å². The molecule has 1 aromatic carbocycles. The lowest BCUT2D eigenvalue weighted by atomic mass is 10.2. The summed E-state index contributed by atoms with van der Waals surface area (Å²) >= 11 is 7.26. The van der Waals surface area contributed by atoms with Gasteiger partial charge in [0.2, 0.25) is 5.91 Å². The molecule has 3 rings (SSSR count). The van der Waals surface area contributed by atoms with E-state index in [1.165, 1.54) is 18.9 Å². The second-order valence-corrected chi connectivity index (χ2v) is 6.74. The van der Waals surface area contributed by atoms with Gasteiger partial charge in [-0.3, -0.25) is 4.79 Å². The van der Waals surface area contributed by atoms with E-state index < -0.39 is 0 Å². The number of fused-ring (bicyclic) bond motifs is 1. The topological polar surface area (TPSA) is 77.2 Å². The second kappa shape index (κ2) is 7.76. The first-order valence-electron chi connectivity index (χ1n) is 7.63. The van der Waals surface area contributed by atoms with Crippen LogP contribution in [0.15, 0.2) is 46.2 Å². The quantitative estimate of drug-likeness (QED) is 0.642. The van der Waals surface area contributed by atoms with Crippen LogP contribution in [-0.2, 0) is 4.79 Å². The van der Waals surface area contributed by atoms with Crippen molar-refractivity contribution >= 4 is 46.2 Å². The molecule has 1 amide bonds. The summed E-state index contributed by atoms with van der Waals surface area (Å²) in [5.74, 6) is 0.368. The fraction of sp³-hybridized carbons (Fsp3) is 0.235. The van der Waals surface area contributed by atoms with E-state index in [9.17, 15) is 4.79 Å². The van der Waals surface area contributed by atoms with E-state index in [4.69, 9.17) is 20.8 Å². The Labute approximate surface area is 153 Å². The summed E-state index contributed by atoms with van der Waals surface area (Å²) in [6.07, 6.45) is 2.25. The molecule has 0 spiro atoms. The van der Waals surface area contributed by atoms with Crippen molar-refractivity contribution < 1.29 is 13.9 Å². The number of oxazole rings is 1. The van der Waals surface area contributed by atoms with Crippen molar-refractivity contribution in [1.29, 1.82) is 0 Å². The molecule has 25 heavy (non-hydrogen) atoms. The smallest absolute Gasteiger partial charge is 0.259 e. The molecule has 0 aliphatic heterocycles. The maximum absolute atomic E-state index is 12.6. The average molecular weight is 378 g/mol. The summed E-state index contributed by atoms with van der Waals surface area (Å²) in [5.41, 5.74) is 1.65. The number of carbonyl (C=O) groups excluding carboxylic acids is 1. The van der Waals surface area contributed by atoms with Crippen molar-refractivity contribution in [3.63, 3.8) is 0 Å². The van der Waals surface area contributed by atoms with Gasteiger partial charge in [0.15, 0.2) is 11.2 Å². The van der Waals surface area contributed by atoms with Crippen molar-refractivity contribution in [3.8, 4) is 5.75 Å². The minimum Gasteiger partial charge on any atom is -0.495 e. The van der Waals surface area contributed by atoms with Gasteiger partial charge < -0.3 is 14.5 Å².